The molecule has 128 valence electrons. The van der Waals surface area contributed by atoms with Crippen LogP contribution in [-0.2, 0) is 4.79 Å². The van der Waals surface area contributed by atoms with Crippen molar-refractivity contribution >= 4 is 59.0 Å². The zero-order chi connectivity index (χ0) is 16.1. The summed E-state index contributed by atoms with van der Waals surface area (Å²) in [4.78, 5) is 15.6. The number of rotatable bonds is 6. The maximum absolute atomic E-state index is 11.4. The molecule has 1 fully saturated rings. The fraction of sp³-hybridized carbons (Fsp3) is 0.467. The molecular formula is C15H21Cl2IN4O. The van der Waals surface area contributed by atoms with Gasteiger partial charge in [0.2, 0.25) is 5.91 Å². The molecule has 0 radical (unpaired) electrons. The van der Waals surface area contributed by atoms with Crippen LogP contribution in [0.2, 0.25) is 10.0 Å². The molecule has 5 nitrogen and oxygen atoms in total. The molecule has 0 aliphatic heterocycles. The number of hydrogen-bond donors (Lipinski definition) is 3. The van der Waals surface area contributed by atoms with Gasteiger partial charge in [0.15, 0.2) is 5.96 Å². The van der Waals surface area contributed by atoms with Crippen molar-refractivity contribution in [3.05, 3.63) is 33.8 Å². The van der Waals surface area contributed by atoms with Crippen molar-refractivity contribution in [2.24, 2.45) is 16.6 Å². The normalized spacial score (nSPS) is 15.5. The summed E-state index contributed by atoms with van der Waals surface area (Å²) in [6, 6.07) is 5.24. The average molecular weight is 471 g/mol. The Morgan fingerprint density at radius 3 is 2.74 bits per heavy atom. The second-order valence-electron chi connectivity index (χ2n) is 5.36. The van der Waals surface area contributed by atoms with E-state index in [-0.39, 0.29) is 41.8 Å². The number of halogens is 3. The van der Waals surface area contributed by atoms with Crippen LogP contribution >= 0.6 is 47.2 Å². The Balaban J connectivity index is 0.00000264. The Labute approximate surface area is 163 Å². The van der Waals surface area contributed by atoms with Crippen LogP contribution in [0.25, 0.3) is 0 Å². The minimum atomic E-state index is -0.0884. The van der Waals surface area contributed by atoms with Crippen molar-refractivity contribution in [1.82, 2.24) is 10.6 Å². The molecule has 1 saturated carbocycles. The number of aliphatic imine (C=N–C) groups is 1. The number of nitrogens with two attached hydrogens (primary N) is 1. The molecule has 1 unspecified atom stereocenters. The van der Waals surface area contributed by atoms with Gasteiger partial charge in [-0.2, -0.15) is 0 Å². The molecule has 1 aromatic carbocycles. The van der Waals surface area contributed by atoms with Crippen LogP contribution in [0.1, 0.15) is 31.4 Å². The molecule has 2 rings (SSSR count). The lowest BCUT2D eigenvalue weighted by atomic mass is 10.1. The van der Waals surface area contributed by atoms with E-state index in [1.165, 1.54) is 0 Å². The summed E-state index contributed by atoms with van der Waals surface area (Å²) in [5.74, 6) is 0.647. The molecule has 8 heteroatoms. The average Bonchev–Trinajstić information content (AvgIpc) is 3.27. The summed E-state index contributed by atoms with van der Waals surface area (Å²) in [6.07, 6.45) is 2.00. The number of nitrogens with one attached hydrogen (secondary N) is 2. The van der Waals surface area contributed by atoms with Crippen molar-refractivity contribution in [2.75, 3.05) is 13.1 Å². The highest BCUT2D eigenvalue weighted by atomic mass is 127. The molecule has 0 saturated heterocycles. The summed E-state index contributed by atoms with van der Waals surface area (Å²) in [6.45, 7) is 2.87. The highest BCUT2D eigenvalue weighted by Gasteiger charge is 2.28. The molecule has 1 aliphatic carbocycles. The smallest absolute Gasteiger partial charge is 0.223 e. The maximum Gasteiger partial charge on any atom is 0.223 e. The van der Waals surface area contributed by atoms with E-state index < -0.39 is 0 Å². The van der Waals surface area contributed by atoms with Crippen LogP contribution in [-0.4, -0.2) is 25.0 Å². The van der Waals surface area contributed by atoms with E-state index in [9.17, 15) is 4.79 Å². The fourth-order valence-corrected chi connectivity index (χ4v) is 2.62. The van der Waals surface area contributed by atoms with Crippen LogP contribution in [0.15, 0.2) is 23.2 Å². The molecule has 1 amide bonds. The molecule has 0 heterocycles. The third kappa shape index (κ3) is 6.73. The predicted molar refractivity (Wildman–Crippen MR) is 106 cm³/mol. The molecule has 4 N–H and O–H groups in total. The van der Waals surface area contributed by atoms with Gasteiger partial charge in [0.25, 0.3) is 0 Å². The number of hydrogen-bond acceptors (Lipinski definition) is 2. The molecule has 0 aromatic heterocycles. The van der Waals surface area contributed by atoms with E-state index in [2.05, 4.69) is 15.6 Å². The zero-order valence-electron chi connectivity index (χ0n) is 12.8. The van der Waals surface area contributed by atoms with Crippen molar-refractivity contribution in [1.29, 1.82) is 0 Å². The van der Waals surface area contributed by atoms with Crippen molar-refractivity contribution in [3.8, 4) is 0 Å². The molecular weight excluding hydrogens is 450 g/mol. The number of benzene rings is 1. The summed E-state index contributed by atoms with van der Waals surface area (Å²) >= 11 is 12.0. The highest BCUT2D eigenvalue weighted by molar-refractivity contribution is 14.0. The van der Waals surface area contributed by atoms with Gasteiger partial charge in [-0.25, -0.2) is 0 Å². The van der Waals surface area contributed by atoms with Gasteiger partial charge in [0.1, 0.15) is 0 Å². The lowest BCUT2D eigenvalue weighted by Crippen LogP contribution is -2.35. The first-order chi connectivity index (χ1) is 10.5. The van der Waals surface area contributed by atoms with E-state index in [1.807, 2.05) is 13.0 Å². The SMILES string of the molecule is CC(NC(N)=NCCNC(=O)C1CC1)c1ccc(Cl)cc1Cl.I. The third-order valence-electron chi connectivity index (χ3n) is 3.43. The van der Waals surface area contributed by atoms with Gasteiger partial charge in [-0.05, 0) is 37.5 Å². The van der Waals surface area contributed by atoms with Gasteiger partial charge in [0.05, 0.1) is 12.6 Å². The van der Waals surface area contributed by atoms with E-state index in [4.69, 9.17) is 28.9 Å². The van der Waals surface area contributed by atoms with Gasteiger partial charge in [-0.15, -0.1) is 24.0 Å². The molecule has 1 atom stereocenters. The quantitative estimate of drug-likeness (QED) is 0.258. The van der Waals surface area contributed by atoms with Crippen LogP contribution in [0.4, 0.5) is 0 Å². The van der Waals surface area contributed by atoms with E-state index >= 15 is 0 Å². The first-order valence-corrected chi connectivity index (χ1v) is 8.02. The van der Waals surface area contributed by atoms with Crippen LogP contribution in [0, 0.1) is 5.92 Å². The van der Waals surface area contributed by atoms with Crippen LogP contribution in [0.5, 0.6) is 0 Å². The van der Waals surface area contributed by atoms with E-state index in [0.29, 0.717) is 29.1 Å². The number of guanidine groups is 1. The van der Waals surface area contributed by atoms with Crippen molar-refractivity contribution in [3.63, 3.8) is 0 Å². The molecule has 0 spiro atoms. The Morgan fingerprint density at radius 2 is 2.13 bits per heavy atom. The standard InChI is InChI=1S/C15H20Cl2N4O.HI/c1-9(12-5-4-11(16)8-13(12)17)21-15(18)20-7-6-19-14(22)10-2-3-10;/h4-5,8-10H,2-3,6-7H2,1H3,(H,19,22)(H3,18,20,21);1H. The van der Waals surface area contributed by atoms with Gasteiger partial charge in [-0.1, -0.05) is 29.3 Å². The van der Waals surface area contributed by atoms with E-state index in [1.54, 1.807) is 12.1 Å². The molecule has 0 bridgehead atoms. The Bertz CT molecular complexity index is 579. The van der Waals surface area contributed by atoms with Crippen LogP contribution < -0.4 is 16.4 Å². The molecule has 23 heavy (non-hydrogen) atoms. The Kier molecular flexibility index (Phi) is 8.42. The number of nitrogens with zero attached hydrogens (tertiary/aromatic N) is 1. The summed E-state index contributed by atoms with van der Waals surface area (Å²) in [7, 11) is 0. The second-order valence-corrected chi connectivity index (χ2v) is 6.21. The minimum Gasteiger partial charge on any atom is -0.370 e. The Hall–Kier alpha value is -0.730. The van der Waals surface area contributed by atoms with Crippen molar-refractivity contribution in [2.45, 2.75) is 25.8 Å². The zero-order valence-corrected chi connectivity index (χ0v) is 16.7. The maximum atomic E-state index is 11.4. The largest absolute Gasteiger partial charge is 0.370 e. The summed E-state index contributed by atoms with van der Waals surface area (Å²) in [5, 5.41) is 7.07. The summed E-state index contributed by atoms with van der Waals surface area (Å²) in [5.41, 5.74) is 6.73. The molecule has 1 aliphatic rings. The van der Waals surface area contributed by atoms with Crippen LogP contribution in [0.3, 0.4) is 0 Å². The lowest BCUT2D eigenvalue weighted by Gasteiger charge is -2.16. The van der Waals surface area contributed by atoms with Gasteiger partial charge in [0, 0.05) is 22.5 Å². The first-order valence-electron chi connectivity index (χ1n) is 7.26. The second kappa shape index (κ2) is 9.54. The highest BCUT2D eigenvalue weighted by Crippen LogP contribution is 2.28. The predicted octanol–water partition coefficient (Wildman–Crippen LogP) is 3.10. The number of amides is 1. The lowest BCUT2D eigenvalue weighted by molar-refractivity contribution is -0.122. The van der Waals surface area contributed by atoms with Gasteiger partial charge < -0.3 is 16.4 Å². The Morgan fingerprint density at radius 1 is 1.43 bits per heavy atom. The van der Waals surface area contributed by atoms with Crippen molar-refractivity contribution < 1.29 is 4.79 Å². The summed E-state index contributed by atoms with van der Waals surface area (Å²) < 4.78 is 0. The fourth-order valence-electron chi connectivity index (χ4n) is 2.04. The monoisotopic (exact) mass is 470 g/mol. The molecule has 1 aromatic rings. The number of carbonyl (C=O) groups excluding carboxylic acids is 1. The van der Waals surface area contributed by atoms with Gasteiger partial charge >= 0.3 is 0 Å². The van der Waals surface area contributed by atoms with Gasteiger partial charge in [-0.3, -0.25) is 9.79 Å². The third-order valence-corrected chi connectivity index (χ3v) is 4.00. The minimum absolute atomic E-state index is 0. The number of carbonyl (C=O) groups is 1. The van der Waals surface area contributed by atoms with E-state index in [0.717, 1.165) is 18.4 Å². The topological polar surface area (TPSA) is 79.5 Å². The first kappa shape index (κ1) is 20.3.